The Kier molecular flexibility index (Phi) is 3.20. The second kappa shape index (κ2) is 5.38. The Morgan fingerprint density at radius 3 is 2.58 bits per heavy atom. The molecule has 0 saturated carbocycles. The Morgan fingerprint density at radius 1 is 1.08 bits per heavy atom. The molecule has 0 aliphatic rings. The first-order valence-electron chi connectivity index (χ1n) is 7.63. The van der Waals surface area contributed by atoms with E-state index in [1.54, 1.807) is 12.4 Å². The van der Waals surface area contributed by atoms with Crippen LogP contribution in [0, 0.1) is 0 Å². The molecule has 5 heteroatoms. The summed E-state index contributed by atoms with van der Waals surface area (Å²) >= 11 is 0. The normalized spacial score (nSPS) is 11.0. The summed E-state index contributed by atoms with van der Waals surface area (Å²) in [5.74, 6) is 0. The van der Waals surface area contributed by atoms with Crippen LogP contribution in [0.5, 0.6) is 0 Å². The van der Waals surface area contributed by atoms with E-state index < -0.39 is 0 Å². The lowest BCUT2D eigenvalue weighted by Crippen LogP contribution is -2.11. The molecule has 0 saturated heterocycles. The quantitative estimate of drug-likeness (QED) is 0.558. The van der Waals surface area contributed by atoms with Crippen molar-refractivity contribution in [1.29, 1.82) is 0 Å². The van der Waals surface area contributed by atoms with Gasteiger partial charge in [0.05, 0.1) is 17.6 Å². The molecule has 3 N–H and O–H groups in total. The Hall–Kier alpha value is -3.34. The standard InChI is InChI=1S/C19H16N4O/c1-23-10-16(21-11-23)18-17(12-5-3-2-4-6-12)14-9-13(20)7-8-15(14)22-19(18)24/h2-11H,20H2,1H3,(H,22,24). The number of nitrogens with one attached hydrogen (secondary N) is 1. The highest BCUT2D eigenvalue weighted by Crippen LogP contribution is 2.34. The summed E-state index contributed by atoms with van der Waals surface area (Å²) in [4.78, 5) is 20.1. The summed E-state index contributed by atoms with van der Waals surface area (Å²) in [6.07, 6.45) is 3.53. The molecule has 0 fully saturated rings. The number of pyridine rings is 1. The number of benzene rings is 2. The van der Waals surface area contributed by atoms with Crippen LogP contribution in [0.1, 0.15) is 0 Å². The van der Waals surface area contributed by atoms with Gasteiger partial charge in [-0.3, -0.25) is 4.79 Å². The lowest BCUT2D eigenvalue weighted by Gasteiger charge is -2.12. The summed E-state index contributed by atoms with van der Waals surface area (Å²) in [5, 5.41) is 0.904. The lowest BCUT2D eigenvalue weighted by molar-refractivity contribution is 0.913. The zero-order valence-corrected chi connectivity index (χ0v) is 13.2. The second-order valence-electron chi connectivity index (χ2n) is 5.80. The molecular weight excluding hydrogens is 300 g/mol. The van der Waals surface area contributed by atoms with Gasteiger partial charge >= 0.3 is 0 Å². The lowest BCUT2D eigenvalue weighted by atomic mass is 9.94. The van der Waals surface area contributed by atoms with Gasteiger partial charge in [0.15, 0.2) is 0 Å². The molecule has 2 aromatic heterocycles. The molecule has 118 valence electrons. The molecule has 5 nitrogen and oxygen atoms in total. The number of hydrogen-bond donors (Lipinski definition) is 2. The summed E-state index contributed by atoms with van der Waals surface area (Å²) in [6.45, 7) is 0. The Balaban J connectivity index is 2.18. The van der Waals surface area contributed by atoms with Crippen molar-refractivity contribution in [2.75, 3.05) is 5.73 Å². The number of rotatable bonds is 2. The molecule has 0 unspecified atom stereocenters. The molecule has 2 aromatic carbocycles. The van der Waals surface area contributed by atoms with E-state index in [9.17, 15) is 4.79 Å². The first kappa shape index (κ1) is 14.3. The van der Waals surface area contributed by atoms with Crippen LogP contribution in [-0.2, 0) is 7.05 Å². The minimum atomic E-state index is -0.162. The van der Waals surface area contributed by atoms with E-state index in [1.807, 2.05) is 60.3 Å². The van der Waals surface area contributed by atoms with Crippen molar-refractivity contribution < 1.29 is 0 Å². The third-order valence-electron chi connectivity index (χ3n) is 4.06. The number of hydrogen-bond acceptors (Lipinski definition) is 3. The largest absolute Gasteiger partial charge is 0.399 e. The van der Waals surface area contributed by atoms with Crippen LogP contribution < -0.4 is 11.3 Å². The fourth-order valence-electron chi connectivity index (χ4n) is 3.00. The molecule has 0 radical (unpaired) electrons. The van der Waals surface area contributed by atoms with Crippen molar-refractivity contribution in [2.24, 2.45) is 7.05 Å². The molecule has 4 aromatic rings. The van der Waals surface area contributed by atoms with Crippen LogP contribution in [0.3, 0.4) is 0 Å². The third kappa shape index (κ3) is 2.27. The predicted octanol–water partition coefficient (Wildman–Crippen LogP) is 3.18. The molecular formula is C19H16N4O. The van der Waals surface area contributed by atoms with E-state index in [0.29, 0.717) is 16.9 Å². The second-order valence-corrected chi connectivity index (χ2v) is 5.80. The van der Waals surface area contributed by atoms with Crippen molar-refractivity contribution in [3.8, 4) is 22.4 Å². The Bertz CT molecular complexity index is 1090. The van der Waals surface area contributed by atoms with Gasteiger partial charge in [0.2, 0.25) is 0 Å². The number of anilines is 1. The first-order chi connectivity index (χ1) is 11.6. The van der Waals surface area contributed by atoms with Crippen LogP contribution in [0.15, 0.2) is 65.8 Å². The molecule has 0 bridgehead atoms. The van der Waals surface area contributed by atoms with Gasteiger partial charge in [-0.05, 0) is 23.8 Å². The number of nitrogens with two attached hydrogens (primary N) is 1. The Labute approximate surface area is 138 Å². The van der Waals surface area contributed by atoms with Crippen molar-refractivity contribution in [1.82, 2.24) is 14.5 Å². The number of aromatic amines is 1. The van der Waals surface area contributed by atoms with Gasteiger partial charge in [0, 0.05) is 35.4 Å². The predicted molar refractivity (Wildman–Crippen MR) is 96.6 cm³/mol. The number of aryl methyl sites for hydroxylation is 1. The monoisotopic (exact) mass is 316 g/mol. The first-order valence-corrected chi connectivity index (χ1v) is 7.63. The maximum Gasteiger partial charge on any atom is 0.258 e. The van der Waals surface area contributed by atoms with Crippen LogP contribution in [0.4, 0.5) is 5.69 Å². The molecule has 2 heterocycles. The molecule has 0 amide bonds. The minimum absolute atomic E-state index is 0.162. The van der Waals surface area contributed by atoms with E-state index in [0.717, 1.165) is 22.0 Å². The average molecular weight is 316 g/mol. The van der Waals surface area contributed by atoms with Crippen LogP contribution in [0.25, 0.3) is 33.3 Å². The SMILES string of the molecule is Cn1cnc(-c2c(-c3ccccc3)c3cc(N)ccc3[nH]c2=O)c1. The van der Waals surface area contributed by atoms with Gasteiger partial charge in [-0.2, -0.15) is 0 Å². The molecule has 0 aliphatic heterocycles. The third-order valence-corrected chi connectivity index (χ3v) is 4.06. The van der Waals surface area contributed by atoms with E-state index in [-0.39, 0.29) is 5.56 Å². The highest BCUT2D eigenvalue weighted by Gasteiger charge is 2.18. The number of imidazole rings is 1. The number of fused-ring (bicyclic) bond motifs is 1. The Morgan fingerprint density at radius 2 is 1.88 bits per heavy atom. The van der Waals surface area contributed by atoms with Crippen molar-refractivity contribution in [2.45, 2.75) is 0 Å². The number of nitrogen functional groups attached to an aromatic ring is 1. The summed E-state index contributed by atoms with van der Waals surface area (Å²) < 4.78 is 1.83. The highest BCUT2D eigenvalue weighted by molar-refractivity contribution is 6.02. The smallest absolute Gasteiger partial charge is 0.258 e. The fraction of sp³-hybridized carbons (Fsp3) is 0.0526. The number of H-pyrrole nitrogens is 1. The molecule has 24 heavy (non-hydrogen) atoms. The summed E-state index contributed by atoms with van der Waals surface area (Å²) in [6, 6.07) is 15.4. The van der Waals surface area contributed by atoms with Crippen LogP contribution >= 0.6 is 0 Å². The number of nitrogens with zero attached hydrogens (tertiary/aromatic N) is 2. The van der Waals surface area contributed by atoms with Gasteiger partial charge in [-0.15, -0.1) is 0 Å². The van der Waals surface area contributed by atoms with E-state index in [2.05, 4.69) is 9.97 Å². The van der Waals surface area contributed by atoms with Crippen molar-refractivity contribution in [3.63, 3.8) is 0 Å². The van der Waals surface area contributed by atoms with Crippen LogP contribution in [-0.4, -0.2) is 14.5 Å². The summed E-state index contributed by atoms with van der Waals surface area (Å²) in [5.41, 5.74) is 10.2. The highest BCUT2D eigenvalue weighted by atomic mass is 16.1. The maximum atomic E-state index is 12.8. The molecule has 4 rings (SSSR count). The van der Waals surface area contributed by atoms with E-state index in [1.165, 1.54) is 0 Å². The van der Waals surface area contributed by atoms with Gasteiger partial charge in [-0.25, -0.2) is 4.98 Å². The maximum absolute atomic E-state index is 12.8. The topological polar surface area (TPSA) is 76.7 Å². The van der Waals surface area contributed by atoms with E-state index in [4.69, 9.17) is 5.73 Å². The molecule has 0 atom stereocenters. The number of aromatic nitrogens is 3. The van der Waals surface area contributed by atoms with Gasteiger partial charge < -0.3 is 15.3 Å². The molecule has 0 spiro atoms. The van der Waals surface area contributed by atoms with Gasteiger partial charge in [0.25, 0.3) is 5.56 Å². The zero-order valence-electron chi connectivity index (χ0n) is 13.2. The molecule has 0 aliphatic carbocycles. The zero-order chi connectivity index (χ0) is 16.7. The van der Waals surface area contributed by atoms with Crippen molar-refractivity contribution >= 4 is 16.6 Å². The van der Waals surface area contributed by atoms with Gasteiger partial charge in [0.1, 0.15) is 0 Å². The fourth-order valence-corrected chi connectivity index (χ4v) is 3.00. The van der Waals surface area contributed by atoms with Crippen molar-refractivity contribution in [3.05, 3.63) is 71.4 Å². The summed E-state index contributed by atoms with van der Waals surface area (Å²) in [7, 11) is 1.88. The van der Waals surface area contributed by atoms with Crippen LogP contribution in [0.2, 0.25) is 0 Å². The average Bonchev–Trinajstić information content (AvgIpc) is 3.01. The van der Waals surface area contributed by atoms with E-state index >= 15 is 0 Å². The minimum Gasteiger partial charge on any atom is -0.399 e. The van der Waals surface area contributed by atoms with Gasteiger partial charge in [-0.1, -0.05) is 30.3 Å².